The van der Waals surface area contributed by atoms with Crippen molar-refractivity contribution in [2.75, 3.05) is 7.11 Å². The smallest absolute Gasteiger partial charge is 0.123 e. The Morgan fingerprint density at radius 1 is 0.950 bits per heavy atom. The molecular formula is C15H16Cl3NO. The van der Waals surface area contributed by atoms with Gasteiger partial charge in [-0.3, -0.25) is 0 Å². The molecule has 0 aliphatic rings. The molecule has 2 rings (SSSR count). The number of benzene rings is 2. The van der Waals surface area contributed by atoms with Crippen LogP contribution in [0.2, 0.25) is 10.0 Å². The summed E-state index contributed by atoms with van der Waals surface area (Å²) in [7, 11) is 1.67. The monoisotopic (exact) mass is 331 g/mol. The summed E-state index contributed by atoms with van der Waals surface area (Å²) in [6, 6.07) is 13.6. The van der Waals surface area contributed by atoms with Gasteiger partial charge in [0.05, 0.1) is 17.2 Å². The highest BCUT2D eigenvalue weighted by Gasteiger charge is 2.05. The van der Waals surface area contributed by atoms with Crippen molar-refractivity contribution in [1.82, 2.24) is 5.32 Å². The Morgan fingerprint density at radius 2 is 1.60 bits per heavy atom. The molecule has 0 atom stereocenters. The molecule has 0 aromatic heterocycles. The first-order valence-electron chi connectivity index (χ1n) is 5.98. The van der Waals surface area contributed by atoms with Crippen LogP contribution < -0.4 is 10.1 Å². The summed E-state index contributed by atoms with van der Waals surface area (Å²) in [5, 5.41) is 4.53. The number of rotatable bonds is 5. The maximum Gasteiger partial charge on any atom is 0.123 e. The van der Waals surface area contributed by atoms with Gasteiger partial charge in [0.25, 0.3) is 0 Å². The van der Waals surface area contributed by atoms with Gasteiger partial charge < -0.3 is 10.1 Å². The molecule has 0 aliphatic heterocycles. The highest BCUT2D eigenvalue weighted by Crippen LogP contribution is 2.25. The van der Waals surface area contributed by atoms with Crippen LogP contribution in [0.1, 0.15) is 11.1 Å². The van der Waals surface area contributed by atoms with Crippen LogP contribution in [-0.4, -0.2) is 7.11 Å². The molecule has 2 aromatic carbocycles. The van der Waals surface area contributed by atoms with Gasteiger partial charge >= 0.3 is 0 Å². The van der Waals surface area contributed by atoms with Crippen LogP contribution in [0.25, 0.3) is 0 Å². The van der Waals surface area contributed by atoms with Gasteiger partial charge in [-0.05, 0) is 17.7 Å². The molecule has 2 aromatic rings. The molecule has 0 amide bonds. The van der Waals surface area contributed by atoms with Crippen molar-refractivity contribution in [3.63, 3.8) is 0 Å². The predicted octanol–water partition coefficient (Wildman–Crippen LogP) is 4.71. The second-order valence-electron chi connectivity index (χ2n) is 4.13. The molecule has 0 radical (unpaired) electrons. The number of nitrogens with one attached hydrogen (secondary N) is 1. The fourth-order valence-electron chi connectivity index (χ4n) is 1.87. The van der Waals surface area contributed by atoms with Crippen LogP contribution >= 0.6 is 35.6 Å². The van der Waals surface area contributed by atoms with Gasteiger partial charge in [-0.15, -0.1) is 12.4 Å². The molecule has 108 valence electrons. The SMILES string of the molecule is COc1ccccc1CNCc1cccc(Cl)c1Cl.Cl. The highest BCUT2D eigenvalue weighted by atomic mass is 35.5. The molecule has 0 saturated heterocycles. The summed E-state index contributed by atoms with van der Waals surface area (Å²) in [5.74, 6) is 0.882. The van der Waals surface area contributed by atoms with Crippen molar-refractivity contribution in [3.05, 3.63) is 63.6 Å². The zero-order valence-electron chi connectivity index (χ0n) is 11.0. The van der Waals surface area contributed by atoms with Gasteiger partial charge in [-0.2, -0.15) is 0 Å². The van der Waals surface area contributed by atoms with E-state index in [1.54, 1.807) is 13.2 Å². The van der Waals surface area contributed by atoms with Crippen LogP contribution in [0.15, 0.2) is 42.5 Å². The van der Waals surface area contributed by atoms with E-state index in [1.165, 1.54) is 0 Å². The first-order valence-corrected chi connectivity index (χ1v) is 6.73. The first-order chi connectivity index (χ1) is 9.22. The fraction of sp³-hybridized carbons (Fsp3) is 0.200. The molecule has 2 nitrogen and oxygen atoms in total. The van der Waals surface area contributed by atoms with E-state index in [0.29, 0.717) is 23.1 Å². The first kappa shape index (κ1) is 17.1. The molecule has 0 heterocycles. The van der Waals surface area contributed by atoms with E-state index in [4.69, 9.17) is 27.9 Å². The lowest BCUT2D eigenvalue weighted by atomic mass is 10.2. The Kier molecular flexibility index (Phi) is 7.17. The molecule has 0 saturated carbocycles. The Labute approximate surface area is 135 Å². The normalized spacial score (nSPS) is 9.95. The molecule has 1 N–H and O–H groups in total. The Balaban J connectivity index is 0.00000200. The van der Waals surface area contributed by atoms with Gasteiger partial charge in [0, 0.05) is 18.7 Å². The zero-order chi connectivity index (χ0) is 13.7. The number of hydrogen-bond donors (Lipinski definition) is 1. The number of hydrogen-bond acceptors (Lipinski definition) is 2. The number of halogens is 3. The highest BCUT2D eigenvalue weighted by molar-refractivity contribution is 6.42. The summed E-state index contributed by atoms with van der Waals surface area (Å²) in [5.41, 5.74) is 2.10. The molecule has 0 bridgehead atoms. The van der Waals surface area contributed by atoms with Crippen molar-refractivity contribution in [3.8, 4) is 5.75 Å². The van der Waals surface area contributed by atoms with Crippen molar-refractivity contribution in [1.29, 1.82) is 0 Å². The van der Waals surface area contributed by atoms with Crippen LogP contribution in [0, 0.1) is 0 Å². The summed E-state index contributed by atoms with van der Waals surface area (Å²) in [6.07, 6.45) is 0. The van der Waals surface area contributed by atoms with Crippen LogP contribution in [0.3, 0.4) is 0 Å². The van der Waals surface area contributed by atoms with Gasteiger partial charge in [-0.25, -0.2) is 0 Å². The van der Waals surface area contributed by atoms with E-state index < -0.39 is 0 Å². The minimum absolute atomic E-state index is 0. The maximum atomic E-state index is 6.14. The van der Waals surface area contributed by atoms with Crippen molar-refractivity contribution >= 4 is 35.6 Å². The second-order valence-corrected chi connectivity index (χ2v) is 4.91. The topological polar surface area (TPSA) is 21.3 Å². The van der Waals surface area contributed by atoms with Crippen molar-refractivity contribution in [2.45, 2.75) is 13.1 Å². The zero-order valence-corrected chi connectivity index (χ0v) is 13.4. The molecule has 20 heavy (non-hydrogen) atoms. The fourth-order valence-corrected chi connectivity index (χ4v) is 2.25. The van der Waals surface area contributed by atoms with Gasteiger partial charge in [0.15, 0.2) is 0 Å². The minimum Gasteiger partial charge on any atom is -0.496 e. The Morgan fingerprint density at radius 3 is 2.35 bits per heavy atom. The maximum absolute atomic E-state index is 6.14. The lowest BCUT2D eigenvalue weighted by Gasteiger charge is -2.10. The number of ether oxygens (including phenoxy) is 1. The van der Waals surface area contributed by atoms with Gasteiger partial charge in [-0.1, -0.05) is 53.5 Å². The lowest BCUT2D eigenvalue weighted by molar-refractivity contribution is 0.407. The quantitative estimate of drug-likeness (QED) is 0.856. The van der Waals surface area contributed by atoms with Gasteiger partial charge in [0.1, 0.15) is 5.75 Å². The van der Waals surface area contributed by atoms with Crippen molar-refractivity contribution < 1.29 is 4.74 Å². The van der Waals surface area contributed by atoms with Crippen LogP contribution in [0.4, 0.5) is 0 Å². The average molecular weight is 333 g/mol. The summed E-state index contributed by atoms with van der Waals surface area (Å²) < 4.78 is 5.30. The third-order valence-corrected chi connectivity index (χ3v) is 3.71. The van der Waals surface area contributed by atoms with Crippen molar-refractivity contribution in [2.24, 2.45) is 0 Å². The second kappa shape index (κ2) is 8.38. The Bertz CT molecular complexity index is 561. The minimum atomic E-state index is 0. The third-order valence-electron chi connectivity index (χ3n) is 2.85. The predicted molar refractivity (Wildman–Crippen MR) is 87.2 cm³/mol. The molecule has 0 fully saturated rings. The number of para-hydroxylation sites is 1. The van der Waals surface area contributed by atoms with Crippen LogP contribution in [-0.2, 0) is 13.1 Å². The van der Waals surface area contributed by atoms with Crippen LogP contribution in [0.5, 0.6) is 5.75 Å². The van der Waals surface area contributed by atoms with E-state index in [2.05, 4.69) is 5.32 Å². The third kappa shape index (κ3) is 4.29. The largest absolute Gasteiger partial charge is 0.496 e. The lowest BCUT2D eigenvalue weighted by Crippen LogP contribution is -2.13. The van der Waals surface area contributed by atoms with E-state index in [9.17, 15) is 0 Å². The Hall–Kier alpha value is -0.930. The molecule has 0 spiro atoms. The molecule has 0 aliphatic carbocycles. The molecular weight excluding hydrogens is 317 g/mol. The molecule has 0 unspecified atom stereocenters. The number of methoxy groups -OCH3 is 1. The molecule has 5 heteroatoms. The summed E-state index contributed by atoms with van der Waals surface area (Å²) in [6.45, 7) is 1.38. The van der Waals surface area contributed by atoms with E-state index >= 15 is 0 Å². The summed E-state index contributed by atoms with van der Waals surface area (Å²) in [4.78, 5) is 0. The standard InChI is InChI=1S/C15H15Cl2NO.ClH/c1-19-14-8-3-2-5-11(14)9-18-10-12-6-4-7-13(16)15(12)17;/h2-8,18H,9-10H2,1H3;1H. The summed E-state index contributed by atoms with van der Waals surface area (Å²) >= 11 is 12.1. The van der Waals surface area contributed by atoms with E-state index in [1.807, 2.05) is 36.4 Å². The van der Waals surface area contributed by atoms with E-state index in [0.717, 1.165) is 16.9 Å². The van der Waals surface area contributed by atoms with Gasteiger partial charge in [0.2, 0.25) is 0 Å². The van der Waals surface area contributed by atoms with E-state index in [-0.39, 0.29) is 12.4 Å². The average Bonchev–Trinajstić information content (AvgIpc) is 2.44.